The second-order valence-electron chi connectivity index (χ2n) is 5.86. The van der Waals surface area contributed by atoms with Gasteiger partial charge in [-0.15, -0.1) is 0 Å². The van der Waals surface area contributed by atoms with Crippen LogP contribution in [0.5, 0.6) is 0 Å². The van der Waals surface area contributed by atoms with Crippen LogP contribution in [0.25, 0.3) is 0 Å². The van der Waals surface area contributed by atoms with Crippen molar-refractivity contribution >= 4 is 17.8 Å². The quantitative estimate of drug-likeness (QED) is 0.756. The fourth-order valence-corrected chi connectivity index (χ4v) is 2.13. The number of hydrogen-bond donors (Lipinski definition) is 2. The monoisotopic (exact) mass is 320 g/mol. The molecule has 2 N–H and O–H groups in total. The van der Waals surface area contributed by atoms with Gasteiger partial charge >= 0.3 is 5.97 Å². The van der Waals surface area contributed by atoms with Gasteiger partial charge in [0.1, 0.15) is 6.04 Å². The number of carbonyl (C=O) groups is 3. The van der Waals surface area contributed by atoms with Gasteiger partial charge in [-0.1, -0.05) is 44.2 Å². The highest BCUT2D eigenvalue weighted by Crippen LogP contribution is 2.07. The number of carboxylic acids is 1. The minimum atomic E-state index is -0.959. The third-order valence-electron chi connectivity index (χ3n) is 3.49. The van der Waals surface area contributed by atoms with E-state index in [-0.39, 0.29) is 37.1 Å². The fraction of sp³-hybridized carbons (Fsp3) is 0.471. The van der Waals surface area contributed by atoms with Gasteiger partial charge < -0.3 is 15.3 Å². The highest BCUT2D eigenvalue weighted by atomic mass is 16.4. The summed E-state index contributed by atoms with van der Waals surface area (Å²) in [4.78, 5) is 36.5. The first-order valence-corrected chi connectivity index (χ1v) is 7.61. The largest absolute Gasteiger partial charge is 0.481 e. The molecule has 2 amide bonds. The number of aliphatic carboxylic acids is 1. The molecule has 0 aliphatic rings. The van der Waals surface area contributed by atoms with Crippen molar-refractivity contribution in [1.82, 2.24) is 10.2 Å². The van der Waals surface area contributed by atoms with Crippen LogP contribution < -0.4 is 5.32 Å². The lowest BCUT2D eigenvalue weighted by Gasteiger charge is -2.26. The molecule has 1 unspecified atom stereocenters. The van der Waals surface area contributed by atoms with Gasteiger partial charge in [0.25, 0.3) is 0 Å². The number of benzene rings is 1. The third-order valence-corrected chi connectivity index (χ3v) is 3.49. The Morgan fingerprint density at radius 1 is 1.17 bits per heavy atom. The van der Waals surface area contributed by atoms with Crippen molar-refractivity contribution in [2.24, 2.45) is 5.92 Å². The van der Waals surface area contributed by atoms with Crippen molar-refractivity contribution < 1.29 is 19.5 Å². The predicted octanol–water partition coefficient (Wildman–Crippen LogP) is 1.30. The van der Waals surface area contributed by atoms with Crippen LogP contribution in [0.15, 0.2) is 30.3 Å². The van der Waals surface area contributed by atoms with E-state index in [2.05, 4.69) is 5.32 Å². The molecule has 1 aromatic rings. The molecule has 0 saturated heterocycles. The maximum Gasteiger partial charge on any atom is 0.305 e. The first-order chi connectivity index (χ1) is 10.8. The Morgan fingerprint density at radius 2 is 1.78 bits per heavy atom. The number of amides is 2. The van der Waals surface area contributed by atoms with Gasteiger partial charge in [0.2, 0.25) is 11.8 Å². The molecule has 0 spiro atoms. The molecule has 0 aliphatic heterocycles. The summed E-state index contributed by atoms with van der Waals surface area (Å²) in [6.07, 6.45) is 0.0845. The Morgan fingerprint density at radius 3 is 2.30 bits per heavy atom. The molecule has 6 nitrogen and oxygen atoms in total. The molecule has 0 heterocycles. The standard InChI is InChI=1S/C17H24N2O4/c1-12(2)16(17(23)19(3)10-9-15(21)22)18-14(20)11-13-7-5-4-6-8-13/h4-8,12,16H,9-11H2,1-3H3,(H,18,20)(H,21,22). The summed E-state index contributed by atoms with van der Waals surface area (Å²) in [7, 11) is 1.55. The summed E-state index contributed by atoms with van der Waals surface area (Å²) in [6.45, 7) is 3.80. The highest BCUT2D eigenvalue weighted by Gasteiger charge is 2.27. The molecule has 1 aromatic carbocycles. The molecule has 23 heavy (non-hydrogen) atoms. The average molecular weight is 320 g/mol. The number of hydrogen-bond acceptors (Lipinski definition) is 3. The summed E-state index contributed by atoms with van der Waals surface area (Å²) in [5.41, 5.74) is 0.874. The van der Waals surface area contributed by atoms with Gasteiger partial charge in [-0.25, -0.2) is 0 Å². The number of carbonyl (C=O) groups excluding carboxylic acids is 2. The zero-order valence-corrected chi connectivity index (χ0v) is 13.8. The zero-order valence-electron chi connectivity index (χ0n) is 13.8. The number of rotatable bonds is 8. The van der Waals surface area contributed by atoms with Crippen LogP contribution in [-0.2, 0) is 20.8 Å². The molecular weight excluding hydrogens is 296 g/mol. The molecule has 0 saturated carbocycles. The van der Waals surface area contributed by atoms with E-state index in [1.807, 2.05) is 44.2 Å². The summed E-state index contributed by atoms with van der Waals surface area (Å²) < 4.78 is 0. The minimum absolute atomic E-state index is 0.0884. The molecule has 0 radical (unpaired) electrons. The number of nitrogens with one attached hydrogen (secondary N) is 1. The molecule has 0 aliphatic carbocycles. The summed E-state index contributed by atoms with van der Waals surface area (Å²) in [5.74, 6) is -1.55. The van der Waals surface area contributed by atoms with E-state index in [9.17, 15) is 14.4 Å². The Labute approximate surface area is 136 Å². The van der Waals surface area contributed by atoms with Gasteiger partial charge in [-0.3, -0.25) is 14.4 Å². The van der Waals surface area contributed by atoms with Crippen LogP contribution in [0.4, 0.5) is 0 Å². The lowest BCUT2D eigenvalue weighted by Crippen LogP contribution is -2.50. The molecule has 1 rings (SSSR count). The molecule has 0 aromatic heterocycles. The molecular formula is C17H24N2O4. The second kappa shape index (κ2) is 8.92. The zero-order chi connectivity index (χ0) is 17.4. The van der Waals surface area contributed by atoms with Gasteiger partial charge in [0.15, 0.2) is 0 Å². The van der Waals surface area contributed by atoms with Gasteiger partial charge in [-0.05, 0) is 11.5 Å². The summed E-state index contributed by atoms with van der Waals surface area (Å²) in [5, 5.41) is 11.4. The van der Waals surface area contributed by atoms with Crippen LogP contribution in [0.3, 0.4) is 0 Å². The van der Waals surface area contributed by atoms with Crippen molar-refractivity contribution in [3.63, 3.8) is 0 Å². The normalized spacial score (nSPS) is 11.8. The molecule has 1 atom stereocenters. The van der Waals surface area contributed by atoms with E-state index in [0.717, 1.165) is 5.56 Å². The van der Waals surface area contributed by atoms with Gasteiger partial charge in [0, 0.05) is 13.6 Å². The number of carboxylic acid groups (broad SMARTS) is 1. The first kappa shape index (κ1) is 18.7. The van der Waals surface area contributed by atoms with Crippen LogP contribution in [-0.4, -0.2) is 47.4 Å². The van der Waals surface area contributed by atoms with Crippen molar-refractivity contribution in [3.8, 4) is 0 Å². The van der Waals surface area contributed by atoms with E-state index in [1.165, 1.54) is 4.90 Å². The van der Waals surface area contributed by atoms with Crippen LogP contribution in [0.2, 0.25) is 0 Å². The topological polar surface area (TPSA) is 86.7 Å². The molecule has 0 bridgehead atoms. The third kappa shape index (κ3) is 6.50. The molecule has 126 valence electrons. The Bertz CT molecular complexity index is 543. The van der Waals surface area contributed by atoms with E-state index in [4.69, 9.17) is 5.11 Å². The summed E-state index contributed by atoms with van der Waals surface area (Å²) >= 11 is 0. The van der Waals surface area contributed by atoms with E-state index >= 15 is 0 Å². The predicted molar refractivity (Wildman–Crippen MR) is 86.8 cm³/mol. The van der Waals surface area contributed by atoms with E-state index < -0.39 is 12.0 Å². The lowest BCUT2D eigenvalue weighted by molar-refractivity contribution is -0.140. The first-order valence-electron chi connectivity index (χ1n) is 7.61. The maximum absolute atomic E-state index is 12.4. The minimum Gasteiger partial charge on any atom is -0.481 e. The SMILES string of the molecule is CC(C)C(NC(=O)Cc1ccccc1)C(=O)N(C)CCC(=O)O. The van der Waals surface area contributed by atoms with E-state index in [0.29, 0.717) is 0 Å². The summed E-state index contributed by atoms with van der Waals surface area (Å²) in [6, 6.07) is 8.63. The van der Waals surface area contributed by atoms with Crippen LogP contribution in [0, 0.1) is 5.92 Å². The van der Waals surface area contributed by atoms with Crippen molar-refractivity contribution in [1.29, 1.82) is 0 Å². The molecule has 6 heteroatoms. The lowest BCUT2D eigenvalue weighted by atomic mass is 10.0. The van der Waals surface area contributed by atoms with E-state index in [1.54, 1.807) is 7.05 Å². The van der Waals surface area contributed by atoms with Crippen molar-refractivity contribution in [2.75, 3.05) is 13.6 Å². The highest BCUT2D eigenvalue weighted by molar-refractivity contribution is 5.88. The fourth-order valence-electron chi connectivity index (χ4n) is 2.13. The molecule has 0 fully saturated rings. The smallest absolute Gasteiger partial charge is 0.305 e. The van der Waals surface area contributed by atoms with Crippen molar-refractivity contribution in [3.05, 3.63) is 35.9 Å². The Kier molecular flexibility index (Phi) is 7.25. The van der Waals surface area contributed by atoms with Gasteiger partial charge in [-0.2, -0.15) is 0 Å². The Balaban J connectivity index is 2.65. The second-order valence-corrected chi connectivity index (χ2v) is 5.86. The van der Waals surface area contributed by atoms with Crippen molar-refractivity contribution in [2.45, 2.75) is 32.7 Å². The Hall–Kier alpha value is -2.37. The van der Waals surface area contributed by atoms with Crippen LogP contribution in [0.1, 0.15) is 25.8 Å². The number of nitrogens with zero attached hydrogens (tertiary/aromatic N) is 1. The van der Waals surface area contributed by atoms with Crippen LogP contribution >= 0.6 is 0 Å². The average Bonchev–Trinajstić information content (AvgIpc) is 2.50. The number of likely N-dealkylation sites (N-methyl/N-ethyl adjacent to an activating group) is 1. The van der Waals surface area contributed by atoms with Gasteiger partial charge in [0.05, 0.1) is 12.8 Å². The maximum atomic E-state index is 12.4.